The van der Waals surface area contributed by atoms with Crippen molar-refractivity contribution >= 4 is 15.9 Å². The maximum absolute atomic E-state index is 13.0. The highest BCUT2D eigenvalue weighted by atomic mass is 79.9. The summed E-state index contributed by atoms with van der Waals surface area (Å²) >= 11 is 3.60. The summed E-state index contributed by atoms with van der Waals surface area (Å²) in [5.74, 6) is 1.14. The SMILES string of the molecule is COc1cc(CNCc2ccc(F)cc2)cc(Br)c1OCc1cccc(C)c1. The molecular formula is C23H23BrFNO2. The lowest BCUT2D eigenvalue weighted by Gasteiger charge is -2.15. The fourth-order valence-electron chi connectivity index (χ4n) is 2.93. The first-order chi connectivity index (χ1) is 13.5. The predicted molar refractivity (Wildman–Crippen MR) is 113 cm³/mol. The number of ether oxygens (including phenoxy) is 2. The molecule has 0 heterocycles. The predicted octanol–water partition coefficient (Wildman–Crippen LogP) is 5.77. The Kier molecular flexibility index (Phi) is 7.06. The second kappa shape index (κ2) is 9.71. The summed E-state index contributed by atoms with van der Waals surface area (Å²) in [6.07, 6.45) is 0. The number of hydrogen-bond donors (Lipinski definition) is 1. The van der Waals surface area contributed by atoms with Crippen molar-refractivity contribution in [1.29, 1.82) is 0 Å². The van der Waals surface area contributed by atoms with Crippen molar-refractivity contribution in [3.63, 3.8) is 0 Å². The van der Waals surface area contributed by atoms with Gasteiger partial charge in [-0.15, -0.1) is 0 Å². The Bertz CT molecular complexity index is 928. The highest BCUT2D eigenvalue weighted by Crippen LogP contribution is 2.37. The molecular weight excluding hydrogens is 421 g/mol. The van der Waals surface area contributed by atoms with Gasteiger partial charge >= 0.3 is 0 Å². The van der Waals surface area contributed by atoms with Crippen LogP contribution in [0.3, 0.4) is 0 Å². The van der Waals surface area contributed by atoms with E-state index in [9.17, 15) is 4.39 Å². The van der Waals surface area contributed by atoms with Crippen LogP contribution < -0.4 is 14.8 Å². The van der Waals surface area contributed by atoms with Gasteiger partial charge in [-0.25, -0.2) is 4.39 Å². The van der Waals surface area contributed by atoms with Crippen LogP contribution in [0.2, 0.25) is 0 Å². The summed E-state index contributed by atoms with van der Waals surface area (Å²) in [4.78, 5) is 0. The number of rotatable bonds is 8. The molecule has 28 heavy (non-hydrogen) atoms. The zero-order valence-electron chi connectivity index (χ0n) is 16.0. The standard InChI is InChI=1S/C23H23BrFNO2/c1-16-4-3-5-18(10-16)15-28-23-21(24)11-19(12-22(23)27-2)14-26-13-17-6-8-20(25)9-7-17/h3-12,26H,13-15H2,1-2H3. The molecule has 0 saturated heterocycles. The average Bonchev–Trinajstić information content (AvgIpc) is 2.68. The highest BCUT2D eigenvalue weighted by molar-refractivity contribution is 9.10. The van der Waals surface area contributed by atoms with Crippen molar-refractivity contribution in [2.24, 2.45) is 0 Å². The highest BCUT2D eigenvalue weighted by Gasteiger charge is 2.12. The zero-order valence-corrected chi connectivity index (χ0v) is 17.6. The Hall–Kier alpha value is -2.37. The Balaban J connectivity index is 1.64. The van der Waals surface area contributed by atoms with Crippen molar-refractivity contribution < 1.29 is 13.9 Å². The molecule has 0 unspecified atom stereocenters. The molecule has 3 aromatic rings. The number of halogens is 2. The van der Waals surface area contributed by atoms with E-state index in [1.165, 1.54) is 17.7 Å². The first kappa shape index (κ1) is 20.4. The van der Waals surface area contributed by atoms with Gasteiger partial charge in [-0.2, -0.15) is 0 Å². The lowest BCUT2D eigenvalue weighted by atomic mass is 10.1. The van der Waals surface area contributed by atoms with Crippen LogP contribution in [-0.2, 0) is 19.7 Å². The molecule has 0 saturated carbocycles. The molecule has 0 aliphatic carbocycles. The van der Waals surface area contributed by atoms with Gasteiger partial charge in [0.25, 0.3) is 0 Å². The van der Waals surface area contributed by atoms with Gasteiger partial charge in [0.1, 0.15) is 12.4 Å². The van der Waals surface area contributed by atoms with Crippen LogP contribution in [0.4, 0.5) is 4.39 Å². The molecule has 0 spiro atoms. The molecule has 1 N–H and O–H groups in total. The second-order valence-electron chi connectivity index (χ2n) is 6.62. The van der Waals surface area contributed by atoms with Crippen LogP contribution in [-0.4, -0.2) is 7.11 Å². The van der Waals surface area contributed by atoms with Gasteiger partial charge < -0.3 is 14.8 Å². The monoisotopic (exact) mass is 443 g/mol. The fraction of sp³-hybridized carbons (Fsp3) is 0.217. The van der Waals surface area contributed by atoms with Crippen molar-refractivity contribution in [1.82, 2.24) is 5.32 Å². The number of benzene rings is 3. The van der Waals surface area contributed by atoms with Crippen molar-refractivity contribution in [3.8, 4) is 11.5 Å². The van der Waals surface area contributed by atoms with Gasteiger partial charge in [0.15, 0.2) is 11.5 Å². The minimum Gasteiger partial charge on any atom is -0.493 e. The van der Waals surface area contributed by atoms with Crippen LogP contribution >= 0.6 is 15.9 Å². The van der Waals surface area contributed by atoms with Crippen LogP contribution in [0.1, 0.15) is 22.3 Å². The average molecular weight is 444 g/mol. The largest absolute Gasteiger partial charge is 0.493 e. The number of methoxy groups -OCH3 is 1. The Morgan fingerprint density at radius 2 is 1.68 bits per heavy atom. The maximum atomic E-state index is 13.0. The number of nitrogens with one attached hydrogen (secondary N) is 1. The molecule has 0 aliphatic rings. The zero-order chi connectivity index (χ0) is 19.9. The topological polar surface area (TPSA) is 30.5 Å². The molecule has 146 valence electrons. The quantitative estimate of drug-likeness (QED) is 0.478. The summed E-state index contributed by atoms with van der Waals surface area (Å²) in [5.41, 5.74) is 4.41. The van der Waals surface area contributed by atoms with Gasteiger partial charge in [-0.3, -0.25) is 0 Å². The van der Waals surface area contributed by atoms with E-state index in [0.29, 0.717) is 31.2 Å². The van der Waals surface area contributed by atoms with E-state index in [1.807, 2.05) is 24.3 Å². The molecule has 0 aromatic heterocycles. The smallest absolute Gasteiger partial charge is 0.175 e. The van der Waals surface area contributed by atoms with Crippen LogP contribution in [0.25, 0.3) is 0 Å². The Labute approximate surface area is 173 Å². The fourth-order valence-corrected chi connectivity index (χ4v) is 3.53. The van der Waals surface area contributed by atoms with E-state index < -0.39 is 0 Å². The third-order valence-electron chi connectivity index (χ3n) is 4.33. The van der Waals surface area contributed by atoms with Crippen LogP contribution in [0, 0.1) is 12.7 Å². The first-order valence-corrected chi connectivity index (χ1v) is 9.84. The van der Waals surface area contributed by atoms with Gasteiger partial charge in [0, 0.05) is 13.1 Å². The minimum absolute atomic E-state index is 0.223. The lowest BCUT2D eigenvalue weighted by molar-refractivity contribution is 0.282. The molecule has 3 aromatic carbocycles. The number of aryl methyl sites for hydroxylation is 1. The van der Waals surface area contributed by atoms with E-state index in [2.05, 4.69) is 40.3 Å². The molecule has 0 radical (unpaired) electrons. The Morgan fingerprint density at radius 1 is 0.929 bits per heavy atom. The first-order valence-electron chi connectivity index (χ1n) is 9.05. The summed E-state index contributed by atoms with van der Waals surface area (Å²) in [5, 5.41) is 3.36. The molecule has 0 fully saturated rings. The minimum atomic E-state index is -0.223. The number of hydrogen-bond acceptors (Lipinski definition) is 3. The normalized spacial score (nSPS) is 10.7. The van der Waals surface area contributed by atoms with Crippen molar-refractivity contribution in [3.05, 3.63) is 93.2 Å². The Morgan fingerprint density at radius 3 is 2.39 bits per heavy atom. The maximum Gasteiger partial charge on any atom is 0.175 e. The molecule has 0 bridgehead atoms. The van der Waals surface area contributed by atoms with E-state index in [0.717, 1.165) is 21.2 Å². The molecule has 0 atom stereocenters. The third-order valence-corrected chi connectivity index (χ3v) is 4.92. The van der Waals surface area contributed by atoms with Gasteiger partial charge in [0.05, 0.1) is 11.6 Å². The van der Waals surface area contributed by atoms with Crippen molar-refractivity contribution in [2.75, 3.05) is 7.11 Å². The summed E-state index contributed by atoms with van der Waals surface area (Å²) in [6, 6.07) is 18.7. The van der Waals surface area contributed by atoms with Crippen molar-refractivity contribution in [2.45, 2.75) is 26.6 Å². The summed E-state index contributed by atoms with van der Waals surface area (Å²) in [6.45, 7) is 3.85. The van der Waals surface area contributed by atoms with Crippen LogP contribution in [0.15, 0.2) is 65.1 Å². The molecule has 0 aliphatic heterocycles. The van der Waals surface area contributed by atoms with Crippen LogP contribution in [0.5, 0.6) is 11.5 Å². The van der Waals surface area contributed by atoms with Gasteiger partial charge in [-0.1, -0.05) is 42.0 Å². The summed E-state index contributed by atoms with van der Waals surface area (Å²) in [7, 11) is 1.64. The third kappa shape index (κ3) is 5.57. The molecule has 3 rings (SSSR count). The lowest BCUT2D eigenvalue weighted by Crippen LogP contribution is -2.13. The van der Waals surface area contributed by atoms with Gasteiger partial charge in [-0.05, 0) is 63.8 Å². The second-order valence-corrected chi connectivity index (χ2v) is 7.47. The molecule has 5 heteroatoms. The van der Waals surface area contributed by atoms with E-state index >= 15 is 0 Å². The van der Waals surface area contributed by atoms with E-state index in [4.69, 9.17) is 9.47 Å². The molecule has 0 amide bonds. The van der Waals surface area contributed by atoms with E-state index in [-0.39, 0.29) is 5.82 Å². The van der Waals surface area contributed by atoms with Gasteiger partial charge in [0.2, 0.25) is 0 Å². The molecule has 3 nitrogen and oxygen atoms in total. The summed E-state index contributed by atoms with van der Waals surface area (Å²) < 4.78 is 25.4. The van der Waals surface area contributed by atoms with E-state index in [1.54, 1.807) is 19.2 Å².